The van der Waals surface area contributed by atoms with Crippen molar-refractivity contribution >= 4 is 43.1 Å². The van der Waals surface area contributed by atoms with E-state index in [1.54, 1.807) is 14.2 Å². The molecule has 0 aliphatic carbocycles. The number of piperazine rings is 2. The predicted octanol–water partition coefficient (Wildman–Crippen LogP) is 1.83. The van der Waals surface area contributed by atoms with Crippen molar-refractivity contribution in [3.8, 4) is 11.5 Å². The first kappa shape index (κ1) is 29.0. The van der Waals surface area contributed by atoms with Gasteiger partial charge in [0.1, 0.15) is 0 Å². The van der Waals surface area contributed by atoms with E-state index in [9.17, 15) is 4.79 Å². The molecule has 30 heavy (non-hydrogen) atoms. The van der Waals surface area contributed by atoms with Gasteiger partial charge in [0.05, 0.1) is 20.8 Å². The minimum atomic E-state index is 0. The topological polar surface area (TPSA) is 57.3 Å². The number of ether oxygens (including phenoxy) is 2. The highest BCUT2D eigenvalue weighted by Crippen LogP contribution is 2.30. The molecule has 7 nitrogen and oxygen atoms in total. The monoisotopic (exact) mass is 484 g/mol. The molecule has 174 valence electrons. The number of methoxy groups -OCH3 is 2. The zero-order chi connectivity index (χ0) is 19.2. The molecule has 2 aliphatic heterocycles. The highest BCUT2D eigenvalue weighted by molar-refractivity contribution is 5.86. The lowest BCUT2D eigenvalue weighted by Crippen LogP contribution is -2.53. The summed E-state index contributed by atoms with van der Waals surface area (Å²) in [7, 11) is 3.33. The summed E-state index contributed by atoms with van der Waals surface area (Å²) in [6.07, 6.45) is 0. The second kappa shape index (κ2) is 14.2. The minimum absolute atomic E-state index is 0. The van der Waals surface area contributed by atoms with E-state index >= 15 is 0 Å². The third-order valence-electron chi connectivity index (χ3n) is 5.53. The number of hydrogen-bond donors (Lipinski definition) is 1. The van der Waals surface area contributed by atoms with Gasteiger partial charge in [-0.2, -0.15) is 0 Å². The first-order valence-corrected chi connectivity index (χ1v) is 9.75. The highest BCUT2D eigenvalue weighted by Gasteiger charge is 2.24. The van der Waals surface area contributed by atoms with Gasteiger partial charge in [-0.3, -0.25) is 14.6 Å². The van der Waals surface area contributed by atoms with Gasteiger partial charge in [0, 0.05) is 58.9 Å². The molecule has 2 saturated heterocycles. The van der Waals surface area contributed by atoms with Crippen LogP contribution in [-0.4, -0.2) is 93.7 Å². The Morgan fingerprint density at radius 3 is 2.03 bits per heavy atom. The number of nitrogens with one attached hydrogen (secondary N) is 1. The molecule has 0 atom stereocenters. The Morgan fingerprint density at radius 2 is 1.47 bits per heavy atom. The number of aryl methyl sites for hydroxylation is 1. The molecule has 1 amide bonds. The first-order valence-electron chi connectivity index (χ1n) is 9.75. The molecule has 1 aromatic rings. The molecule has 10 heteroatoms. The number of benzene rings is 1. The van der Waals surface area contributed by atoms with Crippen molar-refractivity contribution in [2.45, 2.75) is 13.5 Å². The van der Waals surface area contributed by atoms with E-state index in [1.165, 1.54) is 11.1 Å². The SMILES string of the molecule is COc1cc(C)c(CN2CCN(C(=O)CN3CCNCC3)CC2)cc1OC.Cl.Cl.Cl. The predicted molar refractivity (Wildman–Crippen MR) is 127 cm³/mol. The van der Waals surface area contributed by atoms with Crippen molar-refractivity contribution in [2.24, 2.45) is 0 Å². The molecule has 0 spiro atoms. The fraction of sp³-hybridized carbons (Fsp3) is 0.650. The number of carbonyl (C=O) groups excluding carboxylic acids is 1. The van der Waals surface area contributed by atoms with E-state index in [0.29, 0.717) is 6.54 Å². The largest absolute Gasteiger partial charge is 0.493 e. The van der Waals surface area contributed by atoms with E-state index < -0.39 is 0 Å². The Bertz CT molecular complexity index is 652. The van der Waals surface area contributed by atoms with Gasteiger partial charge in [-0.1, -0.05) is 0 Å². The summed E-state index contributed by atoms with van der Waals surface area (Å²) in [4.78, 5) is 19.2. The summed E-state index contributed by atoms with van der Waals surface area (Å²) >= 11 is 0. The van der Waals surface area contributed by atoms with E-state index in [0.717, 1.165) is 70.4 Å². The van der Waals surface area contributed by atoms with Crippen LogP contribution in [0.15, 0.2) is 12.1 Å². The smallest absolute Gasteiger partial charge is 0.236 e. The van der Waals surface area contributed by atoms with Gasteiger partial charge < -0.3 is 19.7 Å². The number of halogens is 3. The van der Waals surface area contributed by atoms with Crippen molar-refractivity contribution in [3.05, 3.63) is 23.3 Å². The van der Waals surface area contributed by atoms with Crippen LogP contribution in [0.25, 0.3) is 0 Å². The maximum absolute atomic E-state index is 12.6. The van der Waals surface area contributed by atoms with Crippen LogP contribution in [0, 0.1) is 6.92 Å². The number of nitrogens with zero attached hydrogens (tertiary/aromatic N) is 3. The zero-order valence-electron chi connectivity index (χ0n) is 18.0. The Hall–Kier alpha value is -0.960. The van der Waals surface area contributed by atoms with Gasteiger partial charge in [0.15, 0.2) is 11.5 Å². The van der Waals surface area contributed by atoms with E-state index in [1.807, 2.05) is 11.0 Å². The molecule has 3 rings (SSSR count). The highest BCUT2D eigenvalue weighted by atomic mass is 35.5. The van der Waals surface area contributed by atoms with Gasteiger partial charge in [-0.05, 0) is 30.2 Å². The molecule has 0 bridgehead atoms. The molecule has 1 aromatic carbocycles. The lowest BCUT2D eigenvalue weighted by atomic mass is 10.1. The van der Waals surface area contributed by atoms with Gasteiger partial charge >= 0.3 is 0 Å². The Kier molecular flexibility index (Phi) is 13.7. The summed E-state index contributed by atoms with van der Waals surface area (Å²) in [5, 5.41) is 3.33. The number of carbonyl (C=O) groups is 1. The Labute approximate surface area is 198 Å². The van der Waals surface area contributed by atoms with Crippen LogP contribution < -0.4 is 14.8 Å². The molecular weight excluding hydrogens is 451 g/mol. The number of amides is 1. The molecule has 0 aromatic heterocycles. The van der Waals surface area contributed by atoms with E-state index in [4.69, 9.17) is 9.47 Å². The maximum atomic E-state index is 12.6. The Balaban J connectivity index is 0.00000280. The molecule has 0 unspecified atom stereocenters. The molecule has 2 aliphatic rings. The summed E-state index contributed by atoms with van der Waals surface area (Å²) in [5.41, 5.74) is 2.44. The van der Waals surface area contributed by atoms with Crippen LogP contribution in [0.5, 0.6) is 11.5 Å². The molecule has 1 N–H and O–H groups in total. The number of rotatable bonds is 6. The lowest BCUT2D eigenvalue weighted by Gasteiger charge is -2.36. The lowest BCUT2D eigenvalue weighted by molar-refractivity contribution is -0.134. The normalized spacial score (nSPS) is 17.2. The number of hydrogen-bond acceptors (Lipinski definition) is 6. The second-order valence-electron chi connectivity index (χ2n) is 7.32. The van der Waals surface area contributed by atoms with Crippen molar-refractivity contribution < 1.29 is 14.3 Å². The average Bonchev–Trinajstić information content (AvgIpc) is 2.70. The average molecular weight is 486 g/mol. The molecule has 2 fully saturated rings. The van der Waals surface area contributed by atoms with Crippen molar-refractivity contribution in [1.29, 1.82) is 0 Å². The third kappa shape index (κ3) is 7.62. The molecule has 0 saturated carbocycles. The van der Waals surface area contributed by atoms with E-state index in [-0.39, 0.29) is 43.1 Å². The van der Waals surface area contributed by atoms with Crippen molar-refractivity contribution in [1.82, 2.24) is 20.0 Å². The molecule has 2 heterocycles. The van der Waals surface area contributed by atoms with E-state index in [2.05, 4.69) is 28.1 Å². The van der Waals surface area contributed by atoms with Crippen molar-refractivity contribution in [3.63, 3.8) is 0 Å². The van der Waals surface area contributed by atoms with Crippen LogP contribution in [-0.2, 0) is 11.3 Å². The van der Waals surface area contributed by atoms with Crippen LogP contribution in [0.4, 0.5) is 0 Å². The van der Waals surface area contributed by atoms with Crippen LogP contribution >= 0.6 is 37.2 Å². The maximum Gasteiger partial charge on any atom is 0.236 e. The summed E-state index contributed by atoms with van der Waals surface area (Å²) in [6.45, 7) is 10.8. The summed E-state index contributed by atoms with van der Waals surface area (Å²) in [6, 6.07) is 4.09. The van der Waals surface area contributed by atoms with Gasteiger partial charge in [-0.15, -0.1) is 37.2 Å². The minimum Gasteiger partial charge on any atom is -0.493 e. The van der Waals surface area contributed by atoms with Crippen LogP contribution in [0.2, 0.25) is 0 Å². The zero-order valence-corrected chi connectivity index (χ0v) is 20.5. The second-order valence-corrected chi connectivity index (χ2v) is 7.32. The van der Waals surface area contributed by atoms with Gasteiger partial charge in [-0.25, -0.2) is 0 Å². The van der Waals surface area contributed by atoms with Crippen molar-refractivity contribution in [2.75, 3.05) is 73.1 Å². The van der Waals surface area contributed by atoms with Crippen LogP contribution in [0.3, 0.4) is 0 Å². The third-order valence-corrected chi connectivity index (χ3v) is 5.53. The summed E-state index contributed by atoms with van der Waals surface area (Å²) in [5.74, 6) is 1.80. The van der Waals surface area contributed by atoms with Crippen LogP contribution in [0.1, 0.15) is 11.1 Å². The quantitative estimate of drug-likeness (QED) is 0.663. The molecular formula is C20H35Cl3N4O3. The van der Waals surface area contributed by atoms with Gasteiger partial charge in [0.2, 0.25) is 5.91 Å². The summed E-state index contributed by atoms with van der Waals surface area (Å²) < 4.78 is 10.8. The van der Waals surface area contributed by atoms with Gasteiger partial charge in [0.25, 0.3) is 0 Å². The molecule has 0 radical (unpaired) electrons. The fourth-order valence-electron chi connectivity index (χ4n) is 3.75. The standard InChI is InChI=1S/C20H32N4O3.3ClH/c1-16-12-18(26-2)19(27-3)13-17(16)14-23-8-10-24(11-9-23)20(25)15-22-6-4-21-5-7-22;;;/h12-13,21H,4-11,14-15H2,1-3H3;3*1H. The Morgan fingerprint density at radius 1 is 0.900 bits per heavy atom. The fourth-order valence-corrected chi connectivity index (χ4v) is 3.75. The first-order chi connectivity index (χ1) is 13.1.